The number of hydrogen-bond donors (Lipinski definition) is 2. The number of nitrogens with zero attached hydrogens (tertiary/aromatic N) is 1. The monoisotopic (exact) mass is 354 g/mol. The number of rotatable bonds is 3. The second-order valence-electron chi connectivity index (χ2n) is 7.08. The Morgan fingerprint density at radius 3 is 2.65 bits per heavy atom. The Morgan fingerprint density at radius 1 is 1.23 bits per heavy atom. The highest BCUT2D eigenvalue weighted by Crippen LogP contribution is 2.47. The zero-order valence-electron chi connectivity index (χ0n) is 14.8. The highest BCUT2D eigenvalue weighted by atomic mass is 19.1. The van der Waals surface area contributed by atoms with E-state index in [4.69, 9.17) is 0 Å². The topological polar surface area (TPSA) is 52.6 Å². The molecule has 2 aliphatic rings. The number of carbonyl (C=O) groups excluding carboxylic acids is 1. The summed E-state index contributed by atoms with van der Waals surface area (Å²) in [7, 11) is 0. The van der Waals surface area contributed by atoms with Crippen LogP contribution in [-0.2, 0) is 4.79 Å². The molecule has 0 bridgehead atoms. The number of halogens is 1. The van der Waals surface area contributed by atoms with Gasteiger partial charge in [0.25, 0.3) is 0 Å². The van der Waals surface area contributed by atoms with Gasteiger partial charge in [-0.05, 0) is 47.4 Å². The van der Waals surface area contributed by atoms with Crippen LogP contribution in [-0.4, -0.2) is 35.1 Å². The van der Waals surface area contributed by atoms with Crippen molar-refractivity contribution < 1.29 is 14.3 Å². The smallest absolute Gasteiger partial charge is 0.222 e. The van der Waals surface area contributed by atoms with Crippen LogP contribution in [0.15, 0.2) is 42.5 Å². The molecule has 0 spiro atoms. The van der Waals surface area contributed by atoms with Crippen LogP contribution >= 0.6 is 0 Å². The van der Waals surface area contributed by atoms with Crippen LogP contribution in [0.25, 0.3) is 11.1 Å². The number of hydrogen-bond acceptors (Lipinski definition) is 3. The maximum Gasteiger partial charge on any atom is 0.222 e. The van der Waals surface area contributed by atoms with Gasteiger partial charge in [0.15, 0.2) is 0 Å². The third kappa shape index (κ3) is 2.76. The average molecular weight is 354 g/mol. The van der Waals surface area contributed by atoms with Gasteiger partial charge in [0, 0.05) is 24.6 Å². The fraction of sp³-hybridized carbons (Fsp3) is 0.381. The van der Waals surface area contributed by atoms with Gasteiger partial charge < -0.3 is 15.3 Å². The summed E-state index contributed by atoms with van der Waals surface area (Å²) < 4.78 is 13.2. The van der Waals surface area contributed by atoms with E-state index in [9.17, 15) is 14.3 Å². The van der Waals surface area contributed by atoms with Gasteiger partial charge >= 0.3 is 0 Å². The van der Waals surface area contributed by atoms with Crippen molar-refractivity contribution >= 4 is 11.6 Å². The summed E-state index contributed by atoms with van der Waals surface area (Å²) in [5, 5.41) is 13.2. The lowest BCUT2D eigenvalue weighted by molar-refractivity contribution is -0.132. The summed E-state index contributed by atoms with van der Waals surface area (Å²) >= 11 is 0. The molecule has 4 nitrogen and oxygen atoms in total. The molecule has 2 aromatic carbocycles. The van der Waals surface area contributed by atoms with Gasteiger partial charge in [-0.2, -0.15) is 0 Å². The minimum atomic E-state index is -0.255. The number of likely N-dealkylation sites (tertiary alicyclic amines) is 1. The molecule has 2 aliphatic heterocycles. The maximum absolute atomic E-state index is 13.2. The fourth-order valence-corrected chi connectivity index (χ4v) is 4.37. The van der Waals surface area contributed by atoms with E-state index in [-0.39, 0.29) is 36.3 Å². The van der Waals surface area contributed by atoms with E-state index < -0.39 is 0 Å². The average Bonchev–Trinajstić information content (AvgIpc) is 3.12. The molecule has 1 amide bonds. The van der Waals surface area contributed by atoms with Crippen LogP contribution in [0, 0.1) is 11.7 Å². The first kappa shape index (κ1) is 17.0. The van der Waals surface area contributed by atoms with Crippen LogP contribution in [0.1, 0.15) is 31.4 Å². The summed E-state index contributed by atoms with van der Waals surface area (Å²) in [6, 6.07) is 12.5. The summed E-state index contributed by atoms with van der Waals surface area (Å²) in [5.74, 6) is 0.0930. The Morgan fingerprint density at radius 2 is 1.96 bits per heavy atom. The van der Waals surface area contributed by atoms with Gasteiger partial charge in [-0.3, -0.25) is 4.79 Å². The third-order valence-electron chi connectivity index (χ3n) is 5.67. The van der Waals surface area contributed by atoms with Crippen LogP contribution in [0.3, 0.4) is 0 Å². The summed E-state index contributed by atoms with van der Waals surface area (Å²) in [5.41, 5.74) is 4.00. The lowest BCUT2D eigenvalue weighted by Gasteiger charge is -2.39. The van der Waals surface area contributed by atoms with E-state index in [0.29, 0.717) is 6.42 Å². The number of carbonyl (C=O) groups is 1. The minimum absolute atomic E-state index is 0.0174. The van der Waals surface area contributed by atoms with E-state index in [1.165, 1.54) is 12.1 Å². The standard InChI is InChI=1S/C21H23FN2O2/c1-2-20(26)24-10-9-16-19(12-25)23-18-8-5-14(11-17(18)21(16)24)13-3-6-15(22)7-4-13/h3-8,11,16,19,21,23,25H,2,9-10,12H2,1H3/t16-,19+,21-/m1/s1. The normalized spacial score (nSPS) is 24.0. The van der Waals surface area contributed by atoms with Gasteiger partial charge in [0.05, 0.1) is 18.7 Å². The van der Waals surface area contributed by atoms with Crippen LogP contribution in [0.5, 0.6) is 0 Å². The van der Waals surface area contributed by atoms with Gasteiger partial charge in [-0.15, -0.1) is 0 Å². The van der Waals surface area contributed by atoms with Crippen molar-refractivity contribution in [3.63, 3.8) is 0 Å². The van der Waals surface area contributed by atoms with Gasteiger partial charge in [-0.1, -0.05) is 25.1 Å². The predicted octanol–water partition coefficient (Wildman–Crippen LogP) is 3.58. The SMILES string of the molecule is CCC(=O)N1CC[C@@H]2[C@H](CO)Nc3ccc(-c4ccc(F)cc4)cc3[C@@H]21. The summed E-state index contributed by atoms with van der Waals surface area (Å²) in [6.45, 7) is 2.66. The number of amides is 1. The highest BCUT2D eigenvalue weighted by molar-refractivity contribution is 5.78. The predicted molar refractivity (Wildman–Crippen MR) is 99.2 cm³/mol. The van der Waals surface area contributed by atoms with Crippen molar-refractivity contribution in [1.29, 1.82) is 0 Å². The number of benzene rings is 2. The van der Waals surface area contributed by atoms with E-state index in [1.807, 2.05) is 24.0 Å². The Bertz CT molecular complexity index is 821. The fourth-order valence-electron chi connectivity index (χ4n) is 4.37. The first-order chi connectivity index (χ1) is 12.6. The van der Waals surface area contributed by atoms with E-state index in [1.54, 1.807) is 12.1 Å². The molecule has 2 heterocycles. The molecule has 2 N–H and O–H groups in total. The largest absolute Gasteiger partial charge is 0.394 e. The number of anilines is 1. The second-order valence-corrected chi connectivity index (χ2v) is 7.08. The lowest BCUT2D eigenvalue weighted by Crippen LogP contribution is -2.42. The zero-order chi connectivity index (χ0) is 18.3. The number of aliphatic hydroxyl groups excluding tert-OH is 1. The van der Waals surface area contributed by atoms with Crippen molar-refractivity contribution in [2.45, 2.75) is 31.8 Å². The van der Waals surface area contributed by atoms with Crippen molar-refractivity contribution in [3.05, 3.63) is 53.8 Å². The third-order valence-corrected chi connectivity index (χ3v) is 5.67. The van der Waals surface area contributed by atoms with Crippen LogP contribution in [0.4, 0.5) is 10.1 Å². The Hall–Kier alpha value is -2.40. The molecule has 0 aromatic heterocycles. The Kier molecular flexibility index (Phi) is 4.41. The maximum atomic E-state index is 13.2. The molecule has 0 saturated carbocycles. The molecular formula is C21H23FN2O2. The van der Waals surface area contributed by atoms with E-state index in [0.717, 1.165) is 35.3 Å². The zero-order valence-corrected chi connectivity index (χ0v) is 14.8. The summed E-state index contributed by atoms with van der Waals surface area (Å²) in [4.78, 5) is 14.4. The van der Waals surface area contributed by atoms with Crippen LogP contribution < -0.4 is 5.32 Å². The first-order valence-corrected chi connectivity index (χ1v) is 9.19. The minimum Gasteiger partial charge on any atom is -0.394 e. The quantitative estimate of drug-likeness (QED) is 0.886. The van der Waals surface area contributed by atoms with Crippen LogP contribution in [0.2, 0.25) is 0 Å². The lowest BCUT2D eigenvalue weighted by atomic mass is 9.82. The Balaban J connectivity index is 1.78. The van der Waals surface area contributed by atoms with Gasteiger partial charge in [0.1, 0.15) is 5.82 Å². The van der Waals surface area contributed by atoms with Crippen molar-refractivity contribution in [2.24, 2.45) is 5.92 Å². The molecule has 3 atom stereocenters. The molecular weight excluding hydrogens is 331 g/mol. The van der Waals surface area contributed by atoms with E-state index >= 15 is 0 Å². The molecule has 136 valence electrons. The Labute approximate surface area is 152 Å². The molecule has 5 heteroatoms. The molecule has 1 saturated heterocycles. The number of nitrogens with one attached hydrogen (secondary N) is 1. The van der Waals surface area contributed by atoms with Gasteiger partial charge in [-0.25, -0.2) is 4.39 Å². The molecule has 2 aromatic rings. The first-order valence-electron chi connectivity index (χ1n) is 9.19. The second kappa shape index (κ2) is 6.72. The molecule has 0 aliphatic carbocycles. The molecule has 26 heavy (non-hydrogen) atoms. The van der Waals surface area contributed by atoms with Crippen molar-refractivity contribution in [1.82, 2.24) is 4.90 Å². The molecule has 0 unspecified atom stereocenters. The molecule has 0 radical (unpaired) electrons. The number of aliphatic hydroxyl groups is 1. The van der Waals surface area contributed by atoms with Crippen molar-refractivity contribution in [2.75, 3.05) is 18.5 Å². The molecule has 4 rings (SSSR count). The highest BCUT2D eigenvalue weighted by Gasteiger charge is 2.45. The van der Waals surface area contributed by atoms with Gasteiger partial charge in [0.2, 0.25) is 5.91 Å². The molecule has 1 fully saturated rings. The van der Waals surface area contributed by atoms with E-state index in [2.05, 4.69) is 11.4 Å². The number of fused-ring (bicyclic) bond motifs is 3. The van der Waals surface area contributed by atoms with Crippen molar-refractivity contribution in [3.8, 4) is 11.1 Å². The summed E-state index contributed by atoms with van der Waals surface area (Å²) in [6.07, 6.45) is 1.36.